The normalized spacial score (nSPS) is 11.6. The summed E-state index contributed by atoms with van der Waals surface area (Å²) in [6.45, 7) is 0. The van der Waals surface area contributed by atoms with E-state index in [1.54, 1.807) is 10.6 Å². The second kappa shape index (κ2) is 3.40. The molecule has 86 valence electrons. The van der Waals surface area contributed by atoms with Gasteiger partial charge in [-0.3, -0.25) is 9.20 Å². The van der Waals surface area contributed by atoms with E-state index in [0.717, 1.165) is 21.3 Å². The van der Waals surface area contributed by atoms with E-state index in [2.05, 4.69) is 4.98 Å². The van der Waals surface area contributed by atoms with Gasteiger partial charge in [-0.25, -0.2) is 4.98 Å². The van der Waals surface area contributed by atoms with E-state index in [9.17, 15) is 4.79 Å². The summed E-state index contributed by atoms with van der Waals surface area (Å²) in [6.07, 6.45) is 1.80. The number of benzene rings is 1. The van der Waals surface area contributed by atoms with E-state index >= 15 is 0 Å². The first-order valence-corrected chi connectivity index (χ1v) is 6.50. The van der Waals surface area contributed by atoms with Crippen LogP contribution in [0.2, 0.25) is 0 Å². The highest BCUT2D eigenvalue weighted by atomic mass is 32.1. The monoisotopic (exact) mass is 252 g/mol. The second-order valence-electron chi connectivity index (χ2n) is 4.15. The van der Waals surface area contributed by atoms with E-state index in [0.29, 0.717) is 5.39 Å². The zero-order valence-corrected chi connectivity index (χ0v) is 10.1. The molecule has 4 rings (SSSR count). The SMILES string of the molecule is O=c1c2ccsc2nc2c3ccccc3ccn12. The van der Waals surface area contributed by atoms with Crippen LogP contribution in [0.5, 0.6) is 0 Å². The summed E-state index contributed by atoms with van der Waals surface area (Å²) < 4.78 is 1.62. The fourth-order valence-electron chi connectivity index (χ4n) is 2.26. The molecule has 0 atom stereocenters. The Kier molecular flexibility index (Phi) is 1.85. The van der Waals surface area contributed by atoms with Gasteiger partial charge in [-0.15, -0.1) is 11.3 Å². The number of rotatable bonds is 0. The number of fused-ring (bicyclic) bond motifs is 4. The minimum absolute atomic E-state index is 0.00185. The standard InChI is InChI=1S/C14H8N2OS/c17-14-11-6-8-18-13(11)15-12-10-4-2-1-3-9(10)5-7-16(12)14/h1-8H. The molecule has 4 heteroatoms. The minimum atomic E-state index is 0.00185. The third kappa shape index (κ3) is 1.18. The van der Waals surface area contributed by atoms with Crippen LogP contribution in [0.4, 0.5) is 0 Å². The summed E-state index contributed by atoms with van der Waals surface area (Å²) in [5.74, 6) is 0. The number of thiophene rings is 1. The molecule has 1 aromatic carbocycles. The lowest BCUT2D eigenvalue weighted by Gasteiger charge is -2.04. The zero-order chi connectivity index (χ0) is 12.1. The molecule has 0 aliphatic carbocycles. The fourth-order valence-corrected chi connectivity index (χ4v) is 3.01. The van der Waals surface area contributed by atoms with Gasteiger partial charge in [0.15, 0.2) is 0 Å². The van der Waals surface area contributed by atoms with Gasteiger partial charge in [0.1, 0.15) is 10.5 Å². The Morgan fingerprint density at radius 3 is 2.89 bits per heavy atom. The van der Waals surface area contributed by atoms with Gasteiger partial charge >= 0.3 is 0 Å². The van der Waals surface area contributed by atoms with Crippen LogP contribution in [-0.4, -0.2) is 9.38 Å². The van der Waals surface area contributed by atoms with Gasteiger partial charge in [0.05, 0.1) is 5.39 Å². The van der Waals surface area contributed by atoms with Crippen molar-refractivity contribution in [2.75, 3.05) is 0 Å². The maximum absolute atomic E-state index is 12.3. The molecule has 0 fully saturated rings. The zero-order valence-electron chi connectivity index (χ0n) is 9.33. The number of pyridine rings is 1. The molecule has 0 N–H and O–H groups in total. The van der Waals surface area contributed by atoms with E-state index in [1.165, 1.54) is 11.3 Å². The average molecular weight is 252 g/mol. The third-order valence-corrected chi connectivity index (χ3v) is 3.94. The van der Waals surface area contributed by atoms with Crippen LogP contribution in [0.15, 0.2) is 52.8 Å². The lowest BCUT2D eigenvalue weighted by Crippen LogP contribution is -2.14. The molecule has 18 heavy (non-hydrogen) atoms. The van der Waals surface area contributed by atoms with Crippen molar-refractivity contribution in [3.63, 3.8) is 0 Å². The van der Waals surface area contributed by atoms with E-state index < -0.39 is 0 Å². The van der Waals surface area contributed by atoms with Gasteiger partial charge < -0.3 is 0 Å². The molecule has 0 radical (unpaired) electrons. The van der Waals surface area contributed by atoms with Crippen LogP contribution in [0.1, 0.15) is 0 Å². The molecule has 3 nitrogen and oxygen atoms in total. The summed E-state index contributed by atoms with van der Waals surface area (Å²) in [6, 6.07) is 11.8. The van der Waals surface area contributed by atoms with Crippen molar-refractivity contribution in [1.29, 1.82) is 0 Å². The Hall–Kier alpha value is -2.20. The molecular formula is C14H8N2OS. The van der Waals surface area contributed by atoms with Crippen LogP contribution in [0.25, 0.3) is 26.6 Å². The van der Waals surface area contributed by atoms with Crippen molar-refractivity contribution in [3.05, 3.63) is 58.3 Å². The topological polar surface area (TPSA) is 34.4 Å². The predicted octanol–water partition coefficient (Wildman–Crippen LogP) is 3.06. The highest BCUT2D eigenvalue weighted by Gasteiger charge is 2.08. The van der Waals surface area contributed by atoms with Crippen molar-refractivity contribution < 1.29 is 0 Å². The van der Waals surface area contributed by atoms with Crippen LogP contribution < -0.4 is 5.56 Å². The minimum Gasteiger partial charge on any atom is -0.268 e. The smallest absolute Gasteiger partial charge is 0.266 e. The molecule has 3 aromatic heterocycles. The number of nitrogens with zero attached hydrogens (tertiary/aromatic N) is 2. The third-order valence-electron chi connectivity index (χ3n) is 3.13. The van der Waals surface area contributed by atoms with Crippen molar-refractivity contribution in [1.82, 2.24) is 9.38 Å². The summed E-state index contributed by atoms with van der Waals surface area (Å²) in [5, 5.41) is 4.70. The van der Waals surface area contributed by atoms with Gasteiger partial charge in [-0.2, -0.15) is 0 Å². The van der Waals surface area contributed by atoms with Gasteiger partial charge in [-0.05, 0) is 22.9 Å². The highest BCUT2D eigenvalue weighted by Crippen LogP contribution is 2.21. The molecule has 0 saturated carbocycles. The van der Waals surface area contributed by atoms with Crippen LogP contribution in [-0.2, 0) is 0 Å². The summed E-state index contributed by atoms with van der Waals surface area (Å²) in [4.78, 5) is 17.7. The van der Waals surface area contributed by atoms with E-state index in [4.69, 9.17) is 0 Å². The largest absolute Gasteiger partial charge is 0.268 e. The first-order valence-electron chi connectivity index (χ1n) is 5.62. The summed E-state index contributed by atoms with van der Waals surface area (Å²) in [5.41, 5.74) is 0.732. The van der Waals surface area contributed by atoms with E-state index in [-0.39, 0.29) is 5.56 Å². The van der Waals surface area contributed by atoms with Crippen molar-refractivity contribution in [2.45, 2.75) is 0 Å². The second-order valence-corrected chi connectivity index (χ2v) is 5.05. The molecule has 4 aromatic rings. The van der Waals surface area contributed by atoms with Crippen molar-refractivity contribution in [3.8, 4) is 0 Å². The van der Waals surface area contributed by atoms with Gasteiger partial charge in [-0.1, -0.05) is 24.3 Å². The number of hydrogen-bond donors (Lipinski definition) is 0. The molecule has 0 aliphatic rings. The fraction of sp³-hybridized carbons (Fsp3) is 0. The number of aromatic nitrogens is 2. The average Bonchev–Trinajstić information content (AvgIpc) is 2.87. The van der Waals surface area contributed by atoms with Crippen LogP contribution >= 0.6 is 11.3 Å². The molecule has 0 aliphatic heterocycles. The van der Waals surface area contributed by atoms with Crippen LogP contribution in [0, 0.1) is 0 Å². The lowest BCUT2D eigenvalue weighted by molar-refractivity contribution is 1.09. The highest BCUT2D eigenvalue weighted by molar-refractivity contribution is 7.16. The molecule has 0 amide bonds. The summed E-state index contributed by atoms with van der Waals surface area (Å²) >= 11 is 1.50. The molecule has 0 bridgehead atoms. The Morgan fingerprint density at radius 1 is 1.06 bits per heavy atom. The number of hydrogen-bond acceptors (Lipinski definition) is 3. The Morgan fingerprint density at radius 2 is 1.94 bits per heavy atom. The molecular weight excluding hydrogens is 244 g/mol. The van der Waals surface area contributed by atoms with E-state index in [1.807, 2.05) is 41.8 Å². The van der Waals surface area contributed by atoms with Gasteiger partial charge in [0.25, 0.3) is 5.56 Å². The molecule has 0 saturated heterocycles. The van der Waals surface area contributed by atoms with Crippen LogP contribution in [0.3, 0.4) is 0 Å². The van der Waals surface area contributed by atoms with Gasteiger partial charge in [0, 0.05) is 11.6 Å². The van der Waals surface area contributed by atoms with Crippen molar-refractivity contribution in [2.24, 2.45) is 0 Å². The molecule has 3 heterocycles. The lowest BCUT2D eigenvalue weighted by atomic mass is 10.1. The Balaban J connectivity index is 2.38. The molecule has 0 spiro atoms. The first kappa shape index (κ1) is 9.79. The Labute approximate surface area is 106 Å². The van der Waals surface area contributed by atoms with Gasteiger partial charge in [0.2, 0.25) is 0 Å². The molecule has 0 unspecified atom stereocenters. The maximum Gasteiger partial charge on any atom is 0.266 e. The predicted molar refractivity (Wildman–Crippen MR) is 74.4 cm³/mol. The quantitative estimate of drug-likeness (QED) is 0.451. The van der Waals surface area contributed by atoms with Crippen molar-refractivity contribution >= 4 is 38.0 Å². The Bertz CT molecular complexity index is 952. The maximum atomic E-state index is 12.3. The first-order chi connectivity index (χ1) is 8.84. The summed E-state index contributed by atoms with van der Waals surface area (Å²) in [7, 11) is 0.